The summed E-state index contributed by atoms with van der Waals surface area (Å²) >= 11 is 0. The molecule has 2 aliphatic carbocycles. The normalized spacial score (nSPS) is 29.8. The second kappa shape index (κ2) is 9.33. The van der Waals surface area contributed by atoms with Gasteiger partial charge in [-0.15, -0.1) is 0 Å². The molecule has 1 aromatic rings. The SMILES string of the molecule is O=C(O)CCOCCC[C@@H]1C(O)C[C@H]2C(C=CCCc3ccccc3)[C@@H]12. The molecule has 2 aliphatic rings. The molecule has 0 saturated heterocycles. The van der Waals surface area contributed by atoms with Crippen LogP contribution in [-0.2, 0) is 16.0 Å². The maximum atomic E-state index is 10.4. The molecule has 0 heterocycles. The van der Waals surface area contributed by atoms with E-state index in [1.54, 1.807) is 0 Å². The second-order valence-corrected chi connectivity index (χ2v) is 7.64. The highest BCUT2D eigenvalue weighted by Gasteiger charge is 2.59. The molecule has 0 radical (unpaired) electrons. The van der Waals surface area contributed by atoms with Crippen molar-refractivity contribution in [3.05, 3.63) is 48.0 Å². The third kappa shape index (κ3) is 5.18. The van der Waals surface area contributed by atoms with Gasteiger partial charge in [-0.3, -0.25) is 4.79 Å². The average molecular weight is 358 g/mol. The molecule has 2 fully saturated rings. The fourth-order valence-corrected chi connectivity index (χ4v) is 4.54. The van der Waals surface area contributed by atoms with Crippen molar-refractivity contribution in [3.63, 3.8) is 0 Å². The predicted molar refractivity (Wildman–Crippen MR) is 101 cm³/mol. The van der Waals surface area contributed by atoms with Gasteiger partial charge in [-0.1, -0.05) is 42.5 Å². The van der Waals surface area contributed by atoms with Crippen LogP contribution in [0.2, 0.25) is 0 Å². The molecule has 4 heteroatoms. The highest BCUT2D eigenvalue weighted by atomic mass is 16.5. The number of carbonyl (C=O) groups is 1. The monoisotopic (exact) mass is 358 g/mol. The summed E-state index contributed by atoms with van der Waals surface area (Å²) in [6, 6.07) is 10.6. The standard InChI is InChI=1S/C22H30O4/c23-20-15-19-17(10-5-4-9-16-7-2-1-3-8-16)22(19)18(20)11-6-13-26-14-12-21(24)25/h1-3,5,7-8,10,17-20,22-23H,4,6,9,11-15H2,(H,24,25)/t17?,18-,19+,20?,22+/m1/s1. The third-order valence-electron chi connectivity index (χ3n) is 5.88. The largest absolute Gasteiger partial charge is 0.481 e. The Morgan fingerprint density at radius 2 is 2.04 bits per heavy atom. The van der Waals surface area contributed by atoms with E-state index in [0.717, 1.165) is 32.1 Å². The molecule has 0 aromatic heterocycles. The van der Waals surface area contributed by atoms with Crippen LogP contribution in [0.5, 0.6) is 0 Å². The molecule has 4 nitrogen and oxygen atoms in total. The van der Waals surface area contributed by atoms with Crippen LogP contribution in [0.4, 0.5) is 0 Å². The van der Waals surface area contributed by atoms with E-state index in [1.165, 1.54) is 5.56 Å². The van der Waals surface area contributed by atoms with Crippen molar-refractivity contribution < 1.29 is 19.7 Å². The maximum absolute atomic E-state index is 10.4. The lowest BCUT2D eigenvalue weighted by atomic mass is 9.92. The zero-order valence-electron chi connectivity index (χ0n) is 15.3. The lowest BCUT2D eigenvalue weighted by Crippen LogP contribution is -2.20. The molecule has 2 unspecified atom stereocenters. The number of aliphatic carboxylic acids is 1. The van der Waals surface area contributed by atoms with Crippen LogP contribution in [-0.4, -0.2) is 35.5 Å². The van der Waals surface area contributed by atoms with E-state index in [1.807, 2.05) is 6.07 Å². The van der Waals surface area contributed by atoms with Crippen LogP contribution in [0.1, 0.15) is 37.7 Å². The number of rotatable bonds is 11. The predicted octanol–water partition coefficient (Wildman–Crippen LogP) is 3.69. The van der Waals surface area contributed by atoms with Crippen molar-refractivity contribution in [3.8, 4) is 0 Å². The molecule has 2 N–H and O–H groups in total. The van der Waals surface area contributed by atoms with Gasteiger partial charge in [0.15, 0.2) is 0 Å². The number of aryl methyl sites for hydroxylation is 1. The van der Waals surface area contributed by atoms with Crippen LogP contribution < -0.4 is 0 Å². The molecule has 5 atom stereocenters. The van der Waals surface area contributed by atoms with Gasteiger partial charge in [0.05, 0.1) is 19.1 Å². The van der Waals surface area contributed by atoms with Crippen LogP contribution in [0.15, 0.2) is 42.5 Å². The molecule has 0 spiro atoms. The van der Waals surface area contributed by atoms with E-state index in [4.69, 9.17) is 9.84 Å². The Bertz CT molecular complexity index is 597. The Morgan fingerprint density at radius 1 is 1.23 bits per heavy atom. The number of hydrogen-bond acceptors (Lipinski definition) is 3. The van der Waals surface area contributed by atoms with Crippen molar-refractivity contribution in [2.75, 3.05) is 13.2 Å². The number of carboxylic acids is 1. The number of carboxylic acid groups (broad SMARTS) is 1. The number of benzene rings is 1. The van der Waals surface area contributed by atoms with Crippen molar-refractivity contribution in [2.45, 2.75) is 44.6 Å². The second-order valence-electron chi connectivity index (χ2n) is 7.64. The molecule has 0 aliphatic heterocycles. The summed E-state index contributed by atoms with van der Waals surface area (Å²) in [5.74, 6) is 1.51. The van der Waals surface area contributed by atoms with Crippen molar-refractivity contribution in [2.24, 2.45) is 23.7 Å². The van der Waals surface area contributed by atoms with Crippen LogP contribution >= 0.6 is 0 Å². The van der Waals surface area contributed by atoms with E-state index >= 15 is 0 Å². The Balaban J connectivity index is 1.33. The first-order valence-corrected chi connectivity index (χ1v) is 9.85. The lowest BCUT2D eigenvalue weighted by molar-refractivity contribution is -0.138. The Kier molecular flexibility index (Phi) is 6.86. The van der Waals surface area contributed by atoms with Gasteiger partial charge in [-0.2, -0.15) is 0 Å². The van der Waals surface area contributed by atoms with Gasteiger partial charge in [0.2, 0.25) is 0 Å². The van der Waals surface area contributed by atoms with E-state index in [-0.39, 0.29) is 19.1 Å². The zero-order chi connectivity index (χ0) is 18.4. The van der Waals surface area contributed by atoms with Gasteiger partial charge in [0.25, 0.3) is 0 Å². The van der Waals surface area contributed by atoms with Crippen molar-refractivity contribution in [1.82, 2.24) is 0 Å². The number of ether oxygens (including phenoxy) is 1. The first kappa shape index (κ1) is 19.1. The summed E-state index contributed by atoms with van der Waals surface area (Å²) in [7, 11) is 0. The van der Waals surface area contributed by atoms with Crippen LogP contribution in [0.25, 0.3) is 0 Å². The van der Waals surface area contributed by atoms with E-state index in [2.05, 4.69) is 36.4 Å². The lowest BCUT2D eigenvalue weighted by Gasteiger charge is -2.19. The third-order valence-corrected chi connectivity index (χ3v) is 5.88. The van der Waals surface area contributed by atoms with Crippen LogP contribution in [0.3, 0.4) is 0 Å². The first-order valence-electron chi connectivity index (χ1n) is 9.85. The number of fused-ring (bicyclic) bond motifs is 1. The molecular formula is C22H30O4. The fourth-order valence-electron chi connectivity index (χ4n) is 4.54. The van der Waals surface area contributed by atoms with Crippen molar-refractivity contribution in [1.29, 1.82) is 0 Å². The Morgan fingerprint density at radius 3 is 2.81 bits per heavy atom. The fraction of sp³-hybridized carbons (Fsp3) is 0.591. The van der Waals surface area contributed by atoms with Gasteiger partial charge in [-0.05, 0) is 61.3 Å². The summed E-state index contributed by atoms with van der Waals surface area (Å²) in [6.07, 6.45) is 9.55. The van der Waals surface area contributed by atoms with E-state index < -0.39 is 5.97 Å². The minimum Gasteiger partial charge on any atom is -0.481 e. The van der Waals surface area contributed by atoms with Gasteiger partial charge >= 0.3 is 5.97 Å². The minimum atomic E-state index is -0.820. The van der Waals surface area contributed by atoms with E-state index in [9.17, 15) is 9.90 Å². The zero-order valence-corrected chi connectivity index (χ0v) is 15.3. The number of allylic oxidation sites excluding steroid dienone is 2. The average Bonchev–Trinajstić information content (AvgIpc) is 3.18. The van der Waals surface area contributed by atoms with Gasteiger partial charge in [0.1, 0.15) is 0 Å². The molecule has 142 valence electrons. The van der Waals surface area contributed by atoms with Gasteiger partial charge in [-0.25, -0.2) is 0 Å². The van der Waals surface area contributed by atoms with Gasteiger partial charge < -0.3 is 14.9 Å². The smallest absolute Gasteiger partial charge is 0.305 e. The molecule has 0 bridgehead atoms. The Labute approximate surface area is 155 Å². The molecule has 1 aromatic carbocycles. The quantitative estimate of drug-likeness (QED) is 0.468. The molecule has 3 rings (SSSR count). The number of aliphatic hydroxyl groups excluding tert-OH is 1. The van der Waals surface area contributed by atoms with E-state index in [0.29, 0.717) is 30.3 Å². The number of aliphatic hydroxyl groups is 1. The number of hydrogen-bond donors (Lipinski definition) is 2. The van der Waals surface area contributed by atoms with Gasteiger partial charge in [0, 0.05) is 6.61 Å². The summed E-state index contributed by atoms with van der Waals surface area (Å²) in [5.41, 5.74) is 1.38. The summed E-state index contributed by atoms with van der Waals surface area (Å²) in [6.45, 7) is 0.868. The highest BCUT2D eigenvalue weighted by molar-refractivity contribution is 5.66. The maximum Gasteiger partial charge on any atom is 0.305 e. The molecule has 0 amide bonds. The summed E-state index contributed by atoms with van der Waals surface area (Å²) in [5, 5.41) is 18.8. The topological polar surface area (TPSA) is 66.8 Å². The molecular weight excluding hydrogens is 328 g/mol. The Hall–Kier alpha value is -1.65. The summed E-state index contributed by atoms with van der Waals surface area (Å²) < 4.78 is 5.36. The first-order chi connectivity index (χ1) is 12.7. The molecule has 2 saturated carbocycles. The van der Waals surface area contributed by atoms with Crippen LogP contribution in [0, 0.1) is 23.7 Å². The highest BCUT2D eigenvalue weighted by Crippen LogP contribution is 2.62. The minimum absolute atomic E-state index is 0.0621. The summed E-state index contributed by atoms with van der Waals surface area (Å²) in [4.78, 5) is 10.4. The molecule has 26 heavy (non-hydrogen) atoms. The van der Waals surface area contributed by atoms with Crippen molar-refractivity contribution >= 4 is 5.97 Å².